The van der Waals surface area contributed by atoms with Gasteiger partial charge in [-0.25, -0.2) is 0 Å². The third-order valence-corrected chi connectivity index (χ3v) is 3.86. The number of hydrogen-bond acceptors (Lipinski definition) is 3. The monoisotopic (exact) mass is 270 g/mol. The smallest absolute Gasteiger partial charge is 0.135 e. The van der Waals surface area contributed by atoms with Crippen molar-refractivity contribution < 1.29 is 9.52 Å². The normalized spacial score (nSPS) is 13.0. The zero-order valence-electron chi connectivity index (χ0n) is 11.9. The van der Waals surface area contributed by atoms with E-state index in [0.717, 1.165) is 22.4 Å². The van der Waals surface area contributed by atoms with Gasteiger partial charge in [-0.15, -0.1) is 0 Å². The van der Waals surface area contributed by atoms with Gasteiger partial charge >= 0.3 is 0 Å². The lowest BCUT2D eigenvalue weighted by Gasteiger charge is -2.09. The highest BCUT2D eigenvalue weighted by Gasteiger charge is 2.16. The van der Waals surface area contributed by atoms with Crippen LogP contribution in [0, 0.1) is 20.8 Å². The maximum absolute atomic E-state index is 10.3. The zero-order valence-corrected chi connectivity index (χ0v) is 11.9. The second-order valence-corrected chi connectivity index (χ2v) is 5.18. The lowest BCUT2D eigenvalue weighted by molar-refractivity contribution is 0.127. The number of furan rings is 1. The minimum absolute atomic E-state index is 0.403. The summed E-state index contributed by atoms with van der Waals surface area (Å²) in [5.41, 5.74) is 4.05. The van der Waals surface area contributed by atoms with Crippen molar-refractivity contribution in [3.8, 4) is 0 Å². The summed E-state index contributed by atoms with van der Waals surface area (Å²) in [7, 11) is 0. The van der Waals surface area contributed by atoms with Gasteiger partial charge in [-0.2, -0.15) is 5.10 Å². The molecule has 0 fully saturated rings. The first-order valence-electron chi connectivity index (χ1n) is 6.73. The average Bonchev–Trinajstić information content (AvgIpc) is 2.97. The molecule has 0 spiro atoms. The second kappa shape index (κ2) is 4.80. The first-order valence-corrected chi connectivity index (χ1v) is 6.73. The predicted octanol–water partition coefficient (Wildman–Crippen LogP) is 3.29. The summed E-state index contributed by atoms with van der Waals surface area (Å²) in [5.74, 6) is 0.580. The number of aliphatic hydroxyl groups excluding tert-OH is 1. The molecular weight excluding hydrogens is 252 g/mol. The van der Waals surface area contributed by atoms with E-state index >= 15 is 0 Å². The Kier molecular flexibility index (Phi) is 3.10. The Morgan fingerprint density at radius 2 is 2.00 bits per heavy atom. The van der Waals surface area contributed by atoms with Crippen molar-refractivity contribution >= 4 is 11.0 Å². The lowest BCUT2D eigenvalue weighted by atomic mass is 10.2. The Morgan fingerprint density at radius 3 is 2.65 bits per heavy atom. The topological polar surface area (TPSA) is 51.2 Å². The van der Waals surface area contributed by atoms with Crippen LogP contribution in [0.1, 0.15) is 28.8 Å². The maximum atomic E-state index is 10.3. The number of hydrogen-bond donors (Lipinski definition) is 1. The van der Waals surface area contributed by atoms with E-state index in [-0.39, 0.29) is 0 Å². The molecule has 1 aromatic carbocycles. The van der Waals surface area contributed by atoms with E-state index in [4.69, 9.17) is 4.42 Å². The summed E-state index contributed by atoms with van der Waals surface area (Å²) in [6.07, 6.45) is -0.695. The Hall–Kier alpha value is -2.07. The molecule has 104 valence electrons. The van der Waals surface area contributed by atoms with Crippen LogP contribution in [0.25, 0.3) is 11.0 Å². The molecule has 0 amide bonds. The van der Waals surface area contributed by atoms with Gasteiger partial charge in [0, 0.05) is 11.1 Å². The molecule has 0 aliphatic heterocycles. The highest BCUT2D eigenvalue weighted by molar-refractivity contribution is 5.77. The molecule has 3 aromatic rings. The lowest BCUT2D eigenvalue weighted by Crippen LogP contribution is -2.11. The molecule has 0 saturated carbocycles. The van der Waals surface area contributed by atoms with E-state index in [9.17, 15) is 5.11 Å². The van der Waals surface area contributed by atoms with Crippen molar-refractivity contribution in [1.82, 2.24) is 9.78 Å². The summed E-state index contributed by atoms with van der Waals surface area (Å²) in [4.78, 5) is 0. The number of nitrogens with zero attached hydrogens (tertiary/aromatic N) is 2. The Bertz CT molecular complexity index is 722. The fourth-order valence-electron chi connectivity index (χ4n) is 2.38. The molecule has 0 bridgehead atoms. The van der Waals surface area contributed by atoms with Gasteiger partial charge in [-0.05, 0) is 38.5 Å². The van der Waals surface area contributed by atoms with E-state index in [2.05, 4.69) is 5.10 Å². The SMILES string of the molecule is Cc1nn(CC(O)c2cc3ccccc3o2)c(C)c1C. The van der Waals surface area contributed by atoms with E-state index in [1.54, 1.807) is 0 Å². The number of fused-ring (bicyclic) bond motifs is 1. The minimum Gasteiger partial charge on any atom is -0.458 e. The zero-order chi connectivity index (χ0) is 14.3. The fourth-order valence-corrected chi connectivity index (χ4v) is 2.38. The predicted molar refractivity (Wildman–Crippen MR) is 77.6 cm³/mol. The third-order valence-electron chi connectivity index (χ3n) is 3.86. The molecular formula is C16H18N2O2. The number of aliphatic hydroxyl groups is 1. The third kappa shape index (κ3) is 2.12. The molecule has 0 aliphatic rings. The van der Waals surface area contributed by atoms with Crippen molar-refractivity contribution in [3.05, 3.63) is 53.0 Å². The summed E-state index contributed by atoms with van der Waals surface area (Å²) < 4.78 is 7.52. The largest absolute Gasteiger partial charge is 0.458 e. The molecule has 3 rings (SSSR count). The van der Waals surface area contributed by atoms with Gasteiger partial charge in [0.1, 0.15) is 17.4 Å². The Labute approximate surface area is 117 Å². The van der Waals surface area contributed by atoms with Crippen molar-refractivity contribution in [3.63, 3.8) is 0 Å². The highest BCUT2D eigenvalue weighted by atomic mass is 16.4. The summed E-state index contributed by atoms with van der Waals surface area (Å²) in [6, 6.07) is 9.64. The number of benzene rings is 1. The van der Waals surface area contributed by atoms with Crippen molar-refractivity contribution in [2.24, 2.45) is 0 Å². The summed E-state index contributed by atoms with van der Waals surface area (Å²) in [5, 5.41) is 15.8. The number of rotatable bonds is 3. The summed E-state index contributed by atoms with van der Waals surface area (Å²) in [6.45, 7) is 6.44. The first kappa shape index (κ1) is 12.9. The first-order chi connectivity index (χ1) is 9.56. The number of para-hydroxylation sites is 1. The molecule has 0 aliphatic carbocycles. The van der Waals surface area contributed by atoms with Gasteiger partial charge in [0.05, 0.1) is 12.2 Å². The van der Waals surface area contributed by atoms with Gasteiger partial charge in [0.25, 0.3) is 0 Å². The van der Waals surface area contributed by atoms with Crippen LogP contribution in [0.2, 0.25) is 0 Å². The van der Waals surface area contributed by atoms with E-state index in [0.29, 0.717) is 12.3 Å². The van der Waals surface area contributed by atoms with Crippen LogP contribution in [0.5, 0.6) is 0 Å². The molecule has 2 heterocycles. The van der Waals surface area contributed by atoms with E-state index in [1.165, 1.54) is 5.56 Å². The van der Waals surface area contributed by atoms with Crippen LogP contribution in [0.3, 0.4) is 0 Å². The van der Waals surface area contributed by atoms with Crippen LogP contribution in [-0.4, -0.2) is 14.9 Å². The van der Waals surface area contributed by atoms with Crippen molar-refractivity contribution in [2.45, 2.75) is 33.4 Å². The molecule has 1 unspecified atom stereocenters. The summed E-state index contributed by atoms with van der Waals surface area (Å²) >= 11 is 0. The van der Waals surface area contributed by atoms with Crippen LogP contribution < -0.4 is 0 Å². The van der Waals surface area contributed by atoms with Gasteiger partial charge in [0.15, 0.2) is 0 Å². The van der Waals surface area contributed by atoms with E-state index < -0.39 is 6.10 Å². The van der Waals surface area contributed by atoms with Crippen LogP contribution in [-0.2, 0) is 6.54 Å². The van der Waals surface area contributed by atoms with Crippen LogP contribution in [0.4, 0.5) is 0 Å². The standard InChI is InChI=1S/C16H18N2O2/c1-10-11(2)17-18(12(10)3)9-14(19)16-8-13-6-4-5-7-15(13)20-16/h4-8,14,19H,9H2,1-3H3. The molecule has 4 nitrogen and oxygen atoms in total. The molecule has 20 heavy (non-hydrogen) atoms. The molecule has 4 heteroatoms. The van der Waals surface area contributed by atoms with Crippen molar-refractivity contribution in [1.29, 1.82) is 0 Å². The van der Waals surface area contributed by atoms with Crippen LogP contribution in [0.15, 0.2) is 34.7 Å². The Balaban J connectivity index is 1.88. The molecule has 0 saturated heterocycles. The molecule has 1 N–H and O–H groups in total. The van der Waals surface area contributed by atoms with Gasteiger partial charge in [-0.1, -0.05) is 18.2 Å². The van der Waals surface area contributed by atoms with E-state index in [1.807, 2.05) is 55.8 Å². The Morgan fingerprint density at radius 1 is 1.25 bits per heavy atom. The number of aryl methyl sites for hydroxylation is 1. The van der Waals surface area contributed by atoms with Crippen LogP contribution >= 0.6 is 0 Å². The average molecular weight is 270 g/mol. The number of aromatic nitrogens is 2. The van der Waals surface area contributed by atoms with Gasteiger partial charge in [-0.3, -0.25) is 4.68 Å². The van der Waals surface area contributed by atoms with Crippen molar-refractivity contribution in [2.75, 3.05) is 0 Å². The fraction of sp³-hybridized carbons (Fsp3) is 0.312. The quantitative estimate of drug-likeness (QED) is 0.794. The highest BCUT2D eigenvalue weighted by Crippen LogP contribution is 2.25. The second-order valence-electron chi connectivity index (χ2n) is 5.18. The molecule has 0 radical (unpaired) electrons. The van der Waals surface area contributed by atoms with Gasteiger partial charge in [0.2, 0.25) is 0 Å². The minimum atomic E-state index is -0.695. The molecule has 1 atom stereocenters. The molecule has 2 aromatic heterocycles. The van der Waals surface area contributed by atoms with Gasteiger partial charge < -0.3 is 9.52 Å². The maximum Gasteiger partial charge on any atom is 0.135 e.